The maximum atomic E-state index is 6.15. The summed E-state index contributed by atoms with van der Waals surface area (Å²) < 4.78 is 5.77. The van der Waals surface area contributed by atoms with E-state index in [1.54, 1.807) is 0 Å². The number of hydrogen-bond donors (Lipinski definition) is 1. The molecule has 2 fully saturated rings. The molecule has 0 aliphatic heterocycles. The quantitative estimate of drug-likeness (QED) is 0.669. The van der Waals surface area contributed by atoms with Crippen LogP contribution in [0.2, 0.25) is 0 Å². The lowest BCUT2D eigenvalue weighted by Crippen LogP contribution is -2.57. The number of nitrogens with two attached hydrogens (primary N) is 1. The van der Waals surface area contributed by atoms with Crippen molar-refractivity contribution in [3.63, 3.8) is 0 Å². The minimum absolute atomic E-state index is 0.0707. The molecule has 0 aromatic rings. The Kier molecular flexibility index (Phi) is 1.52. The Morgan fingerprint density at radius 1 is 1.27 bits per heavy atom. The molecule has 0 atom stereocenters. The van der Waals surface area contributed by atoms with E-state index >= 15 is 0 Å². The third-order valence-electron chi connectivity index (χ3n) is 3.28. The minimum Gasteiger partial charge on any atom is -0.373 e. The second-order valence-electron chi connectivity index (χ2n) is 3.94. The molecule has 0 bridgehead atoms. The molecule has 0 unspecified atom stereocenters. The molecule has 0 radical (unpaired) electrons. The predicted molar refractivity (Wildman–Crippen MR) is 44.4 cm³/mol. The highest BCUT2D eigenvalue weighted by molar-refractivity contribution is 5.17. The Balaban J connectivity index is 2.04. The van der Waals surface area contributed by atoms with Crippen molar-refractivity contribution in [1.82, 2.24) is 0 Å². The van der Waals surface area contributed by atoms with Crippen LogP contribution in [-0.4, -0.2) is 17.7 Å². The molecular formula is C9H17NO. The van der Waals surface area contributed by atoms with Crippen LogP contribution in [0.3, 0.4) is 0 Å². The predicted octanol–water partition coefficient (Wildman–Crippen LogP) is 1.44. The van der Waals surface area contributed by atoms with E-state index in [1.165, 1.54) is 32.1 Å². The first kappa shape index (κ1) is 7.56. The molecule has 11 heavy (non-hydrogen) atoms. The van der Waals surface area contributed by atoms with Crippen molar-refractivity contribution in [2.24, 2.45) is 5.73 Å². The lowest BCUT2D eigenvalue weighted by atomic mass is 9.73. The molecule has 0 aromatic heterocycles. The summed E-state index contributed by atoms with van der Waals surface area (Å²) in [4.78, 5) is 0. The fourth-order valence-corrected chi connectivity index (χ4v) is 2.15. The van der Waals surface area contributed by atoms with E-state index in [0.29, 0.717) is 0 Å². The Labute approximate surface area is 68.1 Å². The molecule has 2 aliphatic rings. The van der Waals surface area contributed by atoms with Crippen molar-refractivity contribution in [3.8, 4) is 0 Å². The average Bonchev–Trinajstić information content (AvgIpc) is 2.60. The Morgan fingerprint density at radius 2 is 1.91 bits per heavy atom. The molecule has 0 heterocycles. The van der Waals surface area contributed by atoms with Crippen LogP contribution in [0.15, 0.2) is 0 Å². The Bertz CT molecular complexity index is 159. The summed E-state index contributed by atoms with van der Waals surface area (Å²) in [6.07, 6.45) is 6.04. The summed E-state index contributed by atoms with van der Waals surface area (Å²) >= 11 is 0. The maximum absolute atomic E-state index is 6.15. The van der Waals surface area contributed by atoms with Gasteiger partial charge in [0, 0.05) is 12.1 Å². The van der Waals surface area contributed by atoms with Crippen molar-refractivity contribution >= 4 is 0 Å². The summed E-state index contributed by atoms with van der Waals surface area (Å²) in [7, 11) is 0. The third-order valence-corrected chi connectivity index (χ3v) is 3.28. The number of hydrogen-bond acceptors (Lipinski definition) is 2. The van der Waals surface area contributed by atoms with Gasteiger partial charge >= 0.3 is 0 Å². The molecule has 64 valence electrons. The van der Waals surface area contributed by atoms with E-state index in [4.69, 9.17) is 10.5 Å². The van der Waals surface area contributed by atoms with Crippen LogP contribution < -0.4 is 5.73 Å². The highest BCUT2D eigenvalue weighted by atomic mass is 16.5. The van der Waals surface area contributed by atoms with Crippen molar-refractivity contribution < 1.29 is 4.74 Å². The van der Waals surface area contributed by atoms with Crippen LogP contribution in [-0.2, 0) is 4.74 Å². The van der Waals surface area contributed by atoms with Gasteiger partial charge in [-0.25, -0.2) is 0 Å². The molecule has 2 saturated carbocycles. The molecule has 0 amide bonds. The molecule has 0 aromatic carbocycles. The molecule has 0 spiro atoms. The molecule has 2 rings (SSSR count). The second kappa shape index (κ2) is 2.20. The van der Waals surface area contributed by atoms with E-state index in [2.05, 4.69) is 6.92 Å². The first-order valence-electron chi connectivity index (χ1n) is 4.65. The van der Waals surface area contributed by atoms with Gasteiger partial charge in [-0.3, -0.25) is 0 Å². The summed E-state index contributed by atoms with van der Waals surface area (Å²) in [6, 6.07) is 0. The first-order chi connectivity index (χ1) is 5.22. The van der Waals surface area contributed by atoms with Crippen LogP contribution >= 0.6 is 0 Å². The summed E-state index contributed by atoms with van der Waals surface area (Å²) in [5, 5.41) is 0. The van der Waals surface area contributed by atoms with Crippen LogP contribution in [0.4, 0.5) is 0 Å². The third kappa shape index (κ3) is 0.926. The first-order valence-corrected chi connectivity index (χ1v) is 4.65. The van der Waals surface area contributed by atoms with Crippen molar-refractivity contribution in [2.45, 2.75) is 50.2 Å². The second-order valence-corrected chi connectivity index (χ2v) is 3.94. The van der Waals surface area contributed by atoms with Gasteiger partial charge in [-0.1, -0.05) is 0 Å². The van der Waals surface area contributed by atoms with Crippen LogP contribution in [0.5, 0.6) is 0 Å². The molecule has 2 nitrogen and oxygen atoms in total. The summed E-state index contributed by atoms with van der Waals surface area (Å²) in [5.41, 5.74) is 6.32. The van der Waals surface area contributed by atoms with Crippen LogP contribution in [0.1, 0.15) is 39.0 Å². The SMILES string of the molecule is CCOC1(C2(N)CC2)CCC1. The van der Waals surface area contributed by atoms with E-state index in [1.807, 2.05) is 0 Å². The maximum Gasteiger partial charge on any atom is 0.0860 e. The monoisotopic (exact) mass is 155 g/mol. The van der Waals surface area contributed by atoms with Gasteiger partial charge in [0.25, 0.3) is 0 Å². The van der Waals surface area contributed by atoms with Gasteiger partial charge in [0.1, 0.15) is 0 Å². The summed E-state index contributed by atoms with van der Waals surface area (Å²) in [6.45, 7) is 2.88. The normalized spacial score (nSPS) is 31.1. The average molecular weight is 155 g/mol. The highest BCUT2D eigenvalue weighted by Crippen LogP contribution is 2.54. The van der Waals surface area contributed by atoms with Crippen molar-refractivity contribution in [3.05, 3.63) is 0 Å². The lowest BCUT2D eigenvalue weighted by Gasteiger charge is -2.46. The van der Waals surface area contributed by atoms with E-state index < -0.39 is 0 Å². The fraction of sp³-hybridized carbons (Fsp3) is 1.00. The van der Waals surface area contributed by atoms with Crippen molar-refractivity contribution in [2.75, 3.05) is 6.61 Å². The van der Waals surface area contributed by atoms with Crippen LogP contribution in [0, 0.1) is 0 Å². The van der Waals surface area contributed by atoms with Gasteiger partial charge in [0.05, 0.1) is 5.60 Å². The smallest absolute Gasteiger partial charge is 0.0860 e. The van der Waals surface area contributed by atoms with Crippen LogP contribution in [0.25, 0.3) is 0 Å². The Hall–Kier alpha value is -0.0800. The zero-order chi connectivity index (χ0) is 7.95. The standard InChI is InChI=1S/C9H17NO/c1-2-11-9(4-3-5-9)8(10)6-7-8/h2-7,10H2,1H3. The fourth-order valence-electron chi connectivity index (χ4n) is 2.15. The van der Waals surface area contributed by atoms with Crippen molar-refractivity contribution in [1.29, 1.82) is 0 Å². The zero-order valence-electron chi connectivity index (χ0n) is 7.23. The molecule has 0 saturated heterocycles. The Morgan fingerprint density at radius 3 is 2.18 bits per heavy atom. The highest BCUT2D eigenvalue weighted by Gasteiger charge is 2.60. The molecule has 2 heteroatoms. The topological polar surface area (TPSA) is 35.2 Å². The number of ether oxygens (including phenoxy) is 1. The van der Waals surface area contributed by atoms with Gasteiger partial charge in [0.2, 0.25) is 0 Å². The van der Waals surface area contributed by atoms with Gasteiger partial charge in [0.15, 0.2) is 0 Å². The van der Waals surface area contributed by atoms with Gasteiger partial charge in [-0.2, -0.15) is 0 Å². The molecule has 2 aliphatic carbocycles. The largest absolute Gasteiger partial charge is 0.373 e. The van der Waals surface area contributed by atoms with E-state index in [9.17, 15) is 0 Å². The minimum atomic E-state index is 0.0707. The van der Waals surface area contributed by atoms with E-state index in [0.717, 1.165) is 6.61 Å². The zero-order valence-corrected chi connectivity index (χ0v) is 7.23. The molecule has 2 N–H and O–H groups in total. The lowest BCUT2D eigenvalue weighted by molar-refractivity contribution is -0.119. The van der Waals surface area contributed by atoms with Gasteiger partial charge in [-0.15, -0.1) is 0 Å². The molecular weight excluding hydrogens is 138 g/mol. The van der Waals surface area contributed by atoms with Gasteiger partial charge < -0.3 is 10.5 Å². The van der Waals surface area contributed by atoms with E-state index in [-0.39, 0.29) is 11.1 Å². The van der Waals surface area contributed by atoms with Gasteiger partial charge in [-0.05, 0) is 39.0 Å². The number of rotatable bonds is 3. The summed E-state index contributed by atoms with van der Waals surface area (Å²) in [5.74, 6) is 0.